The van der Waals surface area contributed by atoms with Crippen molar-refractivity contribution in [2.75, 3.05) is 0 Å². The minimum absolute atomic E-state index is 0.306. The third-order valence-corrected chi connectivity index (χ3v) is 2.80. The van der Waals surface area contributed by atoms with E-state index in [9.17, 15) is 4.79 Å². The highest BCUT2D eigenvalue weighted by molar-refractivity contribution is 6.66. The Labute approximate surface area is 118 Å². The highest BCUT2D eigenvalue weighted by Crippen LogP contribution is 1.96. The molecule has 6 nitrogen and oxygen atoms in total. The van der Waals surface area contributed by atoms with Crippen molar-refractivity contribution in [2.45, 2.75) is 6.54 Å². The van der Waals surface area contributed by atoms with Crippen LogP contribution >= 0.6 is 0 Å². The maximum absolute atomic E-state index is 11.6. The van der Waals surface area contributed by atoms with Crippen molar-refractivity contribution >= 4 is 31.9 Å². The number of hydrogen-bond acceptors (Lipinski definition) is 5. The Balaban J connectivity index is 2.16. The molecule has 0 unspecified atom stereocenters. The Bertz CT molecular complexity index is 610. The van der Waals surface area contributed by atoms with E-state index < -0.39 is 0 Å². The molecule has 1 amide bonds. The minimum atomic E-state index is -0.380. The van der Waals surface area contributed by atoms with Crippen LogP contribution in [0, 0.1) is 0 Å². The standard InChI is InChI=1S/C12H14B2N4O2/c15-6-10-5-11(17-7-16-10)13-9-3-1-2-8(4-9)12(19)18-14-20/h1-5,7,13-14,20H,6,15H2,(H,18,19). The number of rotatable bonds is 5. The number of nitrogens with zero attached hydrogens (tertiary/aromatic N) is 2. The maximum Gasteiger partial charge on any atom is 0.393 e. The van der Waals surface area contributed by atoms with Gasteiger partial charge in [0.1, 0.15) is 6.33 Å². The molecule has 0 radical (unpaired) electrons. The molecule has 0 saturated carbocycles. The number of carbonyl (C=O) groups is 1. The zero-order valence-electron chi connectivity index (χ0n) is 10.9. The number of benzene rings is 1. The molecule has 0 aliphatic heterocycles. The van der Waals surface area contributed by atoms with E-state index in [1.54, 1.807) is 18.2 Å². The van der Waals surface area contributed by atoms with Crippen LogP contribution in [0.3, 0.4) is 0 Å². The first-order valence-corrected chi connectivity index (χ1v) is 6.21. The number of carbonyl (C=O) groups excluding carboxylic acids is 1. The number of nitrogens with two attached hydrogens (primary N) is 1. The summed E-state index contributed by atoms with van der Waals surface area (Å²) in [5.41, 5.74) is 8.63. The Morgan fingerprint density at radius 2 is 2.20 bits per heavy atom. The number of amides is 1. The van der Waals surface area contributed by atoms with Crippen molar-refractivity contribution in [3.05, 3.63) is 47.9 Å². The third-order valence-electron chi connectivity index (χ3n) is 2.80. The first-order valence-electron chi connectivity index (χ1n) is 6.21. The van der Waals surface area contributed by atoms with Crippen molar-refractivity contribution in [1.82, 2.24) is 15.2 Å². The van der Waals surface area contributed by atoms with Crippen LogP contribution < -0.4 is 22.0 Å². The molecule has 0 spiro atoms. The largest absolute Gasteiger partial charge is 0.435 e. The van der Waals surface area contributed by atoms with Gasteiger partial charge < -0.3 is 16.0 Å². The Morgan fingerprint density at radius 1 is 1.35 bits per heavy atom. The summed E-state index contributed by atoms with van der Waals surface area (Å²) in [7, 11) is 0.213. The Hall–Kier alpha value is -2.18. The van der Waals surface area contributed by atoms with E-state index >= 15 is 0 Å². The molecule has 0 fully saturated rings. The van der Waals surface area contributed by atoms with Crippen molar-refractivity contribution in [2.24, 2.45) is 5.73 Å². The van der Waals surface area contributed by atoms with Gasteiger partial charge in [0.2, 0.25) is 13.2 Å². The first kappa shape index (κ1) is 14.2. The van der Waals surface area contributed by atoms with Crippen LogP contribution in [0.5, 0.6) is 0 Å². The summed E-state index contributed by atoms with van der Waals surface area (Å²) in [4.78, 5) is 19.9. The number of aromatic nitrogens is 2. The summed E-state index contributed by atoms with van der Waals surface area (Å²) < 4.78 is 0. The summed E-state index contributed by atoms with van der Waals surface area (Å²) in [6, 6.07) is 9.03. The van der Waals surface area contributed by atoms with Crippen LogP contribution in [0.4, 0.5) is 0 Å². The average molecular weight is 268 g/mol. The van der Waals surface area contributed by atoms with Crippen LogP contribution in [0.2, 0.25) is 0 Å². The zero-order chi connectivity index (χ0) is 14.4. The predicted octanol–water partition coefficient (Wildman–Crippen LogP) is -2.69. The molecule has 0 aliphatic carbocycles. The summed E-state index contributed by atoms with van der Waals surface area (Å²) in [5.74, 6) is -0.306. The monoisotopic (exact) mass is 268 g/mol. The van der Waals surface area contributed by atoms with Gasteiger partial charge in [0.15, 0.2) is 0 Å². The lowest BCUT2D eigenvalue weighted by Crippen LogP contribution is -2.32. The molecule has 1 aromatic carbocycles. The molecule has 4 N–H and O–H groups in total. The van der Waals surface area contributed by atoms with Gasteiger partial charge in [-0.15, -0.1) is 0 Å². The predicted molar refractivity (Wildman–Crippen MR) is 79.6 cm³/mol. The second kappa shape index (κ2) is 6.83. The van der Waals surface area contributed by atoms with E-state index in [1.807, 2.05) is 12.1 Å². The van der Waals surface area contributed by atoms with E-state index in [0.29, 0.717) is 19.4 Å². The third kappa shape index (κ3) is 3.66. The molecule has 0 atom stereocenters. The van der Waals surface area contributed by atoms with Crippen molar-refractivity contribution in [1.29, 1.82) is 0 Å². The summed E-state index contributed by atoms with van der Waals surface area (Å²) >= 11 is 0. The molecular weight excluding hydrogens is 254 g/mol. The van der Waals surface area contributed by atoms with Gasteiger partial charge >= 0.3 is 7.62 Å². The first-order chi connectivity index (χ1) is 9.72. The van der Waals surface area contributed by atoms with Gasteiger partial charge in [-0.2, -0.15) is 0 Å². The second-order valence-electron chi connectivity index (χ2n) is 4.25. The second-order valence-corrected chi connectivity index (χ2v) is 4.25. The van der Waals surface area contributed by atoms with Crippen molar-refractivity contribution in [3.63, 3.8) is 0 Å². The van der Waals surface area contributed by atoms with Gasteiger partial charge in [0.05, 0.1) is 5.69 Å². The average Bonchev–Trinajstić information content (AvgIpc) is 2.48. The Morgan fingerprint density at radius 3 is 2.95 bits per heavy atom. The lowest BCUT2D eigenvalue weighted by molar-refractivity contribution is 0.0977. The van der Waals surface area contributed by atoms with Crippen molar-refractivity contribution in [3.8, 4) is 0 Å². The van der Waals surface area contributed by atoms with E-state index in [0.717, 1.165) is 16.8 Å². The zero-order valence-corrected chi connectivity index (χ0v) is 10.9. The number of nitrogens with one attached hydrogen (secondary N) is 1. The van der Waals surface area contributed by atoms with Gasteiger partial charge in [-0.1, -0.05) is 23.7 Å². The molecule has 0 bridgehead atoms. The fourth-order valence-electron chi connectivity index (χ4n) is 1.86. The van der Waals surface area contributed by atoms with E-state index in [2.05, 4.69) is 15.2 Å². The fourth-order valence-corrected chi connectivity index (χ4v) is 1.86. The van der Waals surface area contributed by atoms with Gasteiger partial charge in [0, 0.05) is 17.7 Å². The molecule has 1 aromatic heterocycles. The van der Waals surface area contributed by atoms with Crippen LogP contribution in [-0.2, 0) is 6.54 Å². The topological polar surface area (TPSA) is 101 Å². The molecule has 8 heteroatoms. The molecular formula is C12H14B2N4O2. The van der Waals surface area contributed by atoms with Gasteiger partial charge in [-0.05, 0) is 12.1 Å². The summed E-state index contributed by atoms with van der Waals surface area (Å²) in [6.07, 6.45) is 1.49. The number of hydrogen-bond donors (Lipinski definition) is 3. The normalized spacial score (nSPS) is 9.90. The summed E-state index contributed by atoms with van der Waals surface area (Å²) in [6.45, 7) is 0.370. The highest BCUT2D eigenvalue weighted by atomic mass is 16.2. The molecule has 1 heterocycles. The molecule has 0 saturated heterocycles. The maximum atomic E-state index is 11.6. The fraction of sp³-hybridized carbons (Fsp3) is 0.0833. The highest BCUT2D eigenvalue weighted by Gasteiger charge is 2.07. The molecule has 0 aliphatic rings. The van der Waals surface area contributed by atoms with Crippen LogP contribution in [0.25, 0.3) is 0 Å². The van der Waals surface area contributed by atoms with Crippen LogP contribution in [0.15, 0.2) is 36.7 Å². The van der Waals surface area contributed by atoms with Crippen LogP contribution in [-0.4, -0.2) is 35.8 Å². The molecule has 2 aromatic rings. The van der Waals surface area contributed by atoms with Gasteiger partial charge in [-0.3, -0.25) is 9.78 Å². The molecule has 2 rings (SSSR count). The van der Waals surface area contributed by atoms with E-state index in [4.69, 9.17) is 10.8 Å². The smallest absolute Gasteiger partial charge is 0.393 e. The quantitative estimate of drug-likeness (QED) is 0.513. The molecule has 20 heavy (non-hydrogen) atoms. The SMILES string of the molecule is NCc1cc(Bc2cccc(C(=O)NBO)c2)ncn1. The summed E-state index contributed by atoms with van der Waals surface area (Å²) in [5, 5.41) is 11.0. The lowest BCUT2D eigenvalue weighted by Gasteiger charge is -2.05. The Kier molecular flexibility index (Phi) is 4.86. The van der Waals surface area contributed by atoms with Gasteiger partial charge in [-0.25, -0.2) is 4.98 Å². The van der Waals surface area contributed by atoms with E-state index in [-0.39, 0.29) is 13.5 Å². The van der Waals surface area contributed by atoms with Crippen molar-refractivity contribution < 1.29 is 9.82 Å². The van der Waals surface area contributed by atoms with Gasteiger partial charge in [0.25, 0.3) is 0 Å². The van der Waals surface area contributed by atoms with E-state index in [1.165, 1.54) is 6.33 Å². The lowest BCUT2D eigenvalue weighted by atomic mass is 9.66. The minimum Gasteiger partial charge on any atom is -0.435 e. The molecule has 100 valence electrons. The van der Waals surface area contributed by atoms with Crippen LogP contribution in [0.1, 0.15) is 16.1 Å².